The number of hydrogen-bond acceptors (Lipinski definition) is 3. The third kappa shape index (κ3) is 3.84. The molecule has 1 saturated heterocycles. The molecule has 3 rings (SSSR count). The highest BCUT2D eigenvalue weighted by molar-refractivity contribution is 7.12. The maximum Gasteiger partial charge on any atom is 0.0302 e. The number of nitrogens with zero attached hydrogens (tertiary/aromatic N) is 1. The van der Waals surface area contributed by atoms with Gasteiger partial charge in [-0.15, -0.1) is 11.3 Å². The highest BCUT2D eigenvalue weighted by Gasteiger charge is 2.26. The van der Waals surface area contributed by atoms with Crippen molar-refractivity contribution < 1.29 is 0 Å². The molecule has 2 heterocycles. The number of hydrogen-bond donors (Lipinski definition) is 1. The van der Waals surface area contributed by atoms with Gasteiger partial charge in [0, 0.05) is 35.4 Å². The first-order valence-corrected chi connectivity index (χ1v) is 8.87. The molecule has 1 aliphatic heterocycles. The second-order valence-corrected chi connectivity index (χ2v) is 8.77. The molecule has 1 aliphatic carbocycles. The van der Waals surface area contributed by atoms with E-state index in [1.165, 1.54) is 48.5 Å². The molecule has 1 aromatic rings. The van der Waals surface area contributed by atoms with Crippen LogP contribution in [0.25, 0.3) is 0 Å². The lowest BCUT2D eigenvalue weighted by Gasteiger charge is -2.38. The lowest BCUT2D eigenvalue weighted by molar-refractivity contribution is 0.111. The van der Waals surface area contributed by atoms with Crippen molar-refractivity contribution in [2.45, 2.75) is 65.6 Å². The normalized spacial score (nSPS) is 23.1. The van der Waals surface area contributed by atoms with E-state index in [4.69, 9.17) is 0 Å². The van der Waals surface area contributed by atoms with Crippen LogP contribution in [0.5, 0.6) is 0 Å². The van der Waals surface area contributed by atoms with Gasteiger partial charge in [-0.05, 0) is 56.2 Å². The number of likely N-dealkylation sites (tertiary alicyclic amines) is 1. The summed E-state index contributed by atoms with van der Waals surface area (Å²) in [6.07, 6.45) is 5.48. The van der Waals surface area contributed by atoms with Crippen LogP contribution in [-0.2, 0) is 13.1 Å². The molecule has 0 aromatic carbocycles. The molecule has 0 bridgehead atoms. The van der Waals surface area contributed by atoms with Crippen molar-refractivity contribution in [1.29, 1.82) is 0 Å². The van der Waals surface area contributed by atoms with Gasteiger partial charge < -0.3 is 5.32 Å². The van der Waals surface area contributed by atoms with E-state index >= 15 is 0 Å². The second-order valence-electron chi connectivity index (χ2n) is 7.43. The minimum absolute atomic E-state index is 0.499. The summed E-state index contributed by atoms with van der Waals surface area (Å²) in [6.45, 7) is 11.8. The van der Waals surface area contributed by atoms with Gasteiger partial charge >= 0.3 is 0 Å². The van der Waals surface area contributed by atoms with Gasteiger partial charge in [0.2, 0.25) is 0 Å². The number of thiophene rings is 1. The van der Waals surface area contributed by atoms with Crippen molar-refractivity contribution in [3.63, 3.8) is 0 Å². The minimum Gasteiger partial charge on any atom is -0.309 e. The summed E-state index contributed by atoms with van der Waals surface area (Å²) in [5.41, 5.74) is 2.05. The van der Waals surface area contributed by atoms with Crippen molar-refractivity contribution in [3.05, 3.63) is 21.4 Å². The first-order valence-electron chi connectivity index (χ1n) is 8.06. The molecular weight excluding hydrogens is 264 g/mol. The molecule has 1 aromatic heterocycles. The lowest BCUT2D eigenvalue weighted by atomic mass is 9.84. The van der Waals surface area contributed by atoms with Crippen molar-refractivity contribution in [2.75, 3.05) is 13.1 Å². The Morgan fingerprint density at radius 3 is 2.90 bits per heavy atom. The smallest absolute Gasteiger partial charge is 0.0302 e. The van der Waals surface area contributed by atoms with E-state index in [1.807, 2.05) is 11.3 Å². The zero-order chi connectivity index (χ0) is 14.2. The second kappa shape index (κ2) is 5.78. The lowest BCUT2D eigenvalue weighted by Crippen LogP contribution is -2.39. The van der Waals surface area contributed by atoms with Crippen molar-refractivity contribution in [3.8, 4) is 0 Å². The predicted molar refractivity (Wildman–Crippen MR) is 87.2 cm³/mol. The fourth-order valence-corrected chi connectivity index (χ4v) is 4.29. The van der Waals surface area contributed by atoms with E-state index in [9.17, 15) is 0 Å². The Kier molecular flexibility index (Phi) is 4.21. The maximum absolute atomic E-state index is 3.63. The summed E-state index contributed by atoms with van der Waals surface area (Å²) in [6, 6.07) is 3.25. The summed E-state index contributed by atoms with van der Waals surface area (Å²) in [7, 11) is 0. The standard InChI is InChI=1S/C17H28N2S/c1-13-14(9-16(20-13)10-18-15-5-6-15)11-19-8-4-7-17(2,3)12-19/h9,15,18H,4-8,10-12H2,1-3H3. The zero-order valence-electron chi connectivity index (χ0n) is 13.2. The Hall–Kier alpha value is -0.380. The summed E-state index contributed by atoms with van der Waals surface area (Å²) in [4.78, 5) is 5.68. The molecule has 20 heavy (non-hydrogen) atoms. The third-order valence-electron chi connectivity index (χ3n) is 4.59. The van der Waals surface area contributed by atoms with Gasteiger partial charge in [0.1, 0.15) is 0 Å². The molecule has 2 aliphatic rings. The Labute approximate surface area is 127 Å². The zero-order valence-corrected chi connectivity index (χ0v) is 14.0. The Bertz CT molecular complexity index is 460. The van der Waals surface area contributed by atoms with Crippen LogP contribution in [0, 0.1) is 12.3 Å². The summed E-state index contributed by atoms with van der Waals surface area (Å²) in [5.74, 6) is 0. The van der Waals surface area contributed by atoms with Gasteiger partial charge in [0.15, 0.2) is 0 Å². The highest BCUT2D eigenvalue weighted by Crippen LogP contribution is 2.31. The number of rotatable bonds is 5. The minimum atomic E-state index is 0.499. The van der Waals surface area contributed by atoms with E-state index in [0.29, 0.717) is 5.41 Å². The first kappa shape index (κ1) is 14.6. The molecule has 3 heteroatoms. The van der Waals surface area contributed by atoms with Crippen LogP contribution in [-0.4, -0.2) is 24.0 Å². The quantitative estimate of drug-likeness (QED) is 0.884. The molecule has 1 saturated carbocycles. The Morgan fingerprint density at radius 1 is 1.40 bits per heavy atom. The molecule has 0 unspecified atom stereocenters. The summed E-state index contributed by atoms with van der Waals surface area (Å²) in [5, 5.41) is 3.63. The molecule has 2 nitrogen and oxygen atoms in total. The van der Waals surface area contributed by atoms with Crippen LogP contribution >= 0.6 is 11.3 Å². The van der Waals surface area contributed by atoms with Gasteiger partial charge in [-0.25, -0.2) is 0 Å². The predicted octanol–water partition coefficient (Wildman–Crippen LogP) is 3.93. The summed E-state index contributed by atoms with van der Waals surface area (Å²) < 4.78 is 0. The van der Waals surface area contributed by atoms with E-state index in [1.54, 1.807) is 5.56 Å². The fourth-order valence-electron chi connectivity index (χ4n) is 3.28. The first-order chi connectivity index (χ1) is 9.52. The maximum atomic E-state index is 3.63. The molecule has 2 fully saturated rings. The van der Waals surface area contributed by atoms with Gasteiger partial charge in [0.05, 0.1) is 0 Å². The Balaban J connectivity index is 1.58. The molecule has 0 atom stereocenters. The average molecular weight is 292 g/mol. The molecule has 1 N–H and O–H groups in total. The average Bonchev–Trinajstić information content (AvgIpc) is 3.12. The molecule has 0 amide bonds. The van der Waals surface area contributed by atoms with E-state index in [2.05, 4.69) is 37.1 Å². The van der Waals surface area contributed by atoms with Crippen LogP contribution in [0.4, 0.5) is 0 Å². The fraction of sp³-hybridized carbons (Fsp3) is 0.765. The van der Waals surface area contributed by atoms with Gasteiger partial charge in [0.25, 0.3) is 0 Å². The van der Waals surface area contributed by atoms with Crippen LogP contribution in [0.3, 0.4) is 0 Å². The van der Waals surface area contributed by atoms with Gasteiger partial charge in [-0.3, -0.25) is 4.90 Å². The van der Waals surface area contributed by atoms with Crippen molar-refractivity contribution >= 4 is 11.3 Å². The number of aryl methyl sites for hydroxylation is 1. The molecule has 0 radical (unpaired) electrons. The van der Waals surface area contributed by atoms with Crippen LogP contribution < -0.4 is 5.32 Å². The third-order valence-corrected chi connectivity index (χ3v) is 5.68. The monoisotopic (exact) mass is 292 g/mol. The van der Waals surface area contributed by atoms with Crippen LogP contribution in [0.15, 0.2) is 6.07 Å². The van der Waals surface area contributed by atoms with Crippen molar-refractivity contribution in [2.24, 2.45) is 5.41 Å². The largest absolute Gasteiger partial charge is 0.309 e. The molecule has 0 spiro atoms. The van der Waals surface area contributed by atoms with Crippen molar-refractivity contribution in [1.82, 2.24) is 10.2 Å². The number of piperidine rings is 1. The summed E-state index contributed by atoms with van der Waals surface area (Å²) >= 11 is 1.98. The number of nitrogens with one attached hydrogen (secondary N) is 1. The topological polar surface area (TPSA) is 15.3 Å². The van der Waals surface area contributed by atoms with Crippen LogP contribution in [0.2, 0.25) is 0 Å². The highest BCUT2D eigenvalue weighted by atomic mass is 32.1. The molecular formula is C17H28N2S. The van der Waals surface area contributed by atoms with E-state index in [0.717, 1.165) is 19.1 Å². The van der Waals surface area contributed by atoms with E-state index in [-0.39, 0.29) is 0 Å². The Morgan fingerprint density at radius 2 is 2.20 bits per heavy atom. The molecule has 112 valence electrons. The van der Waals surface area contributed by atoms with Gasteiger partial charge in [-0.2, -0.15) is 0 Å². The SMILES string of the molecule is Cc1sc(CNC2CC2)cc1CN1CCCC(C)(C)C1. The van der Waals surface area contributed by atoms with E-state index < -0.39 is 0 Å². The van der Waals surface area contributed by atoms with Crippen LogP contribution in [0.1, 0.15) is 54.8 Å². The van der Waals surface area contributed by atoms with Gasteiger partial charge in [-0.1, -0.05) is 13.8 Å².